The van der Waals surface area contributed by atoms with E-state index in [9.17, 15) is 0 Å². The number of rotatable bonds is 4. The van der Waals surface area contributed by atoms with Crippen molar-refractivity contribution in [2.24, 2.45) is 5.73 Å². The molecule has 0 saturated heterocycles. The number of hydrogen-bond donors (Lipinski definition) is 1. The van der Waals surface area contributed by atoms with Gasteiger partial charge in [-0.3, -0.25) is 0 Å². The predicted octanol–water partition coefficient (Wildman–Crippen LogP) is 3.86. The van der Waals surface area contributed by atoms with Crippen molar-refractivity contribution in [3.05, 3.63) is 28.8 Å². The first kappa shape index (κ1) is 14.4. The van der Waals surface area contributed by atoms with Gasteiger partial charge in [-0.25, -0.2) is 0 Å². The Morgan fingerprint density at radius 1 is 1.16 bits per heavy atom. The van der Waals surface area contributed by atoms with Gasteiger partial charge in [0.1, 0.15) is 5.75 Å². The molecule has 2 rings (SSSR count). The number of benzene rings is 1. The normalized spacial score (nSPS) is 18.3. The van der Waals surface area contributed by atoms with Gasteiger partial charge in [-0.2, -0.15) is 0 Å². The van der Waals surface area contributed by atoms with E-state index < -0.39 is 0 Å². The quantitative estimate of drug-likeness (QED) is 0.893. The summed E-state index contributed by atoms with van der Waals surface area (Å²) in [6, 6.07) is 4.48. The van der Waals surface area contributed by atoms with Gasteiger partial charge in [0.25, 0.3) is 0 Å². The van der Waals surface area contributed by atoms with Gasteiger partial charge in [0.15, 0.2) is 0 Å². The first-order valence-electron chi connectivity index (χ1n) is 7.58. The van der Waals surface area contributed by atoms with Crippen molar-refractivity contribution in [3.63, 3.8) is 0 Å². The van der Waals surface area contributed by atoms with Crippen molar-refractivity contribution in [1.29, 1.82) is 0 Å². The molecule has 0 radical (unpaired) electrons. The summed E-state index contributed by atoms with van der Waals surface area (Å²) in [5.41, 5.74) is 10.2. The second-order valence-corrected chi connectivity index (χ2v) is 5.86. The number of hydrogen-bond acceptors (Lipinski definition) is 2. The molecule has 0 unspecified atom stereocenters. The van der Waals surface area contributed by atoms with Crippen molar-refractivity contribution in [3.8, 4) is 5.75 Å². The Kier molecular flexibility index (Phi) is 4.51. The average molecular weight is 261 g/mol. The van der Waals surface area contributed by atoms with Crippen molar-refractivity contribution >= 4 is 0 Å². The van der Waals surface area contributed by atoms with E-state index >= 15 is 0 Å². The summed E-state index contributed by atoms with van der Waals surface area (Å²) in [6.45, 7) is 7.82. The molecular formula is C17H27NO. The second kappa shape index (κ2) is 5.96. The topological polar surface area (TPSA) is 35.2 Å². The summed E-state index contributed by atoms with van der Waals surface area (Å²) in [5.74, 6) is 1.09. The van der Waals surface area contributed by atoms with Gasteiger partial charge in [0.05, 0.1) is 6.61 Å². The predicted molar refractivity (Wildman–Crippen MR) is 80.9 cm³/mol. The van der Waals surface area contributed by atoms with E-state index in [1.807, 2.05) is 0 Å². The average Bonchev–Trinajstić information content (AvgIpc) is 2.45. The molecular weight excluding hydrogens is 234 g/mol. The van der Waals surface area contributed by atoms with Crippen LogP contribution in [-0.4, -0.2) is 13.2 Å². The molecule has 1 aromatic rings. The van der Waals surface area contributed by atoms with E-state index in [0.717, 1.165) is 18.9 Å². The number of ether oxygens (including phenoxy) is 1. The van der Waals surface area contributed by atoms with Crippen molar-refractivity contribution < 1.29 is 4.74 Å². The summed E-state index contributed by atoms with van der Waals surface area (Å²) in [7, 11) is 0. The molecule has 0 heterocycles. The lowest BCUT2D eigenvalue weighted by molar-refractivity contribution is 0.275. The molecule has 2 nitrogen and oxygen atoms in total. The molecule has 1 aliphatic carbocycles. The molecule has 106 valence electrons. The fraction of sp³-hybridized carbons (Fsp3) is 0.647. The minimum absolute atomic E-state index is 0.140. The van der Waals surface area contributed by atoms with Gasteiger partial charge in [-0.1, -0.05) is 31.4 Å². The third-order valence-corrected chi connectivity index (χ3v) is 4.74. The molecule has 1 fully saturated rings. The third-order valence-electron chi connectivity index (χ3n) is 4.74. The summed E-state index contributed by atoms with van der Waals surface area (Å²) >= 11 is 0. The Hall–Kier alpha value is -1.02. The first-order valence-corrected chi connectivity index (χ1v) is 7.58. The molecule has 0 amide bonds. The van der Waals surface area contributed by atoms with Crippen LogP contribution in [0, 0.1) is 13.8 Å². The van der Waals surface area contributed by atoms with Crippen LogP contribution in [0.5, 0.6) is 5.75 Å². The Morgan fingerprint density at radius 3 is 2.42 bits per heavy atom. The lowest BCUT2D eigenvalue weighted by atomic mass is 9.68. The van der Waals surface area contributed by atoms with Crippen molar-refractivity contribution in [2.45, 2.75) is 58.3 Å². The molecule has 1 saturated carbocycles. The summed E-state index contributed by atoms with van der Waals surface area (Å²) in [5, 5.41) is 0. The van der Waals surface area contributed by atoms with Gasteiger partial charge in [0.2, 0.25) is 0 Å². The van der Waals surface area contributed by atoms with E-state index in [-0.39, 0.29) is 5.41 Å². The minimum Gasteiger partial charge on any atom is -0.493 e. The Labute approximate surface area is 117 Å². The molecule has 2 N–H and O–H groups in total. The van der Waals surface area contributed by atoms with Crippen LogP contribution >= 0.6 is 0 Å². The molecule has 0 bridgehead atoms. The lowest BCUT2D eigenvalue weighted by Gasteiger charge is -2.38. The van der Waals surface area contributed by atoms with Crippen LogP contribution in [0.15, 0.2) is 12.1 Å². The van der Waals surface area contributed by atoms with Crippen LogP contribution in [0.1, 0.15) is 55.7 Å². The van der Waals surface area contributed by atoms with Gasteiger partial charge >= 0.3 is 0 Å². The first-order chi connectivity index (χ1) is 9.14. The van der Waals surface area contributed by atoms with Crippen LogP contribution in [0.25, 0.3) is 0 Å². The monoisotopic (exact) mass is 261 g/mol. The smallest absolute Gasteiger partial charge is 0.126 e. The van der Waals surface area contributed by atoms with Crippen molar-refractivity contribution in [2.75, 3.05) is 13.2 Å². The zero-order valence-electron chi connectivity index (χ0n) is 12.6. The molecule has 0 atom stereocenters. The molecule has 19 heavy (non-hydrogen) atoms. The largest absolute Gasteiger partial charge is 0.493 e. The summed E-state index contributed by atoms with van der Waals surface area (Å²) < 4.78 is 5.97. The van der Waals surface area contributed by atoms with Crippen LogP contribution < -0.4 is 10.5 Å². The molecule has 0 aliphatic heterocycles. The number of nitrogens with two attached hydrogens (primary N) is 1. The van der Waals surface area contributed by atoms with Crippen LogP contribution in [0.2, 0.25) is 0 Å². The second-order valence-electron chi connectivity index (χ2n) is 5.86. The fourth-order valence-corrected chi connectivity index (χ4v) is 3.35. The summed E-state index contributed by atoms with van der Waals surface area (Å²) in [4.78, 5) is 0. The number of aryl methyl sites for hydroxylation is 1. The molecule has 2 heteroatoms. The van der Waals surface area contributed by atoms with Gasteiger partial charge in [0, 0.05) is 17.5 Å². The van der Waals surface area contributed by atoms with E-state index in [0.29, 0.717) is 0 Å². The zero-order chi connectivity index (χ0) is 13.9. The molecule has 1 aliphatic rings. The highest BCUT2D eigenvalue weighted by Gasteiger charge is 2.35. The van der Waals surface area contributed by atoms with Gasteiger partial charge in [-0.15, -0.1) is 0 Å². The fourth-order valence-electron chi connectivity index (χ4n) is 3.35. The molecule has 1 aromatic carbocycles. The van der Waals surface area contributed by atoms with Crippen LogP contribution in [-0.2, 0) is 5.41 Å². The van der Waals surface area contributed by atoms with E-state index in [1.165, 1.54) is 48.8 Å². The maximum Gasteiger partial charge on any atom is 0.126 e. The highest BCUT2D eigenvalue weighted by atomic mass is 16.5. The maximum absolute atomic E-state index is 6.17. The highest BCUT2D eigenvalue weighted by molar-refractivity contribution is 5.49. The maximum atomic E-state index is 6.17. The Morgan fingerprint density at radius 2 is 1.84 bits per heavy atom. The van der Waals surface area contributed by atoms with Crippen molar-refractivity contribution in [1.82, 2.24) is 0 Å². The lowest BCUT2D eigenvalue weighted by Crippen LogP contribution is -2.37. The molecule has 0 spiro atoms. The standard InChI is InChI=1S/C17H27NO/c1-4-19-16-14(3)13(2)8-9-15(16)17(12-18)10-6-5-7-11-17/h8-9H,4-7,10-12,18H2,1-3H3. The summed E-state index contributed by atoms with van der Waals surface area (Å²) in [6.07, 6.45) is 6.32. The van der Waals surface area contributed by atoms with E-state index in [1.54, 1.807) is 0 Å². The third kappa shape index (κ3) is 2.64. The minimum atomic E-state index is 0.140. The SMILES string of the molecule is CCOc1c(C2(CN)CCCCC2)ccc(C)c1C. The molecule has 0 aromatic heterocycles. The Bertz CT molecular complexity index is 433. The highest BCUT2D eigenvalue weighted by Crippen LogP contribution is 2.44. The Balaban J connectivity index is 2.50. The zero-order valence-corrected chi connectivity index (χ0v) is 12.6. The van der Waals surface area contributed by atoms with E-state index in [2.05, 4.69) is 32.9 Å². The van der Waals surface area contributed by atoms with E-state index in [4.69, 9.17) is 10.5 Å². The van der Waals surface area contributed by atoms with Crippen LogP contribution in [0.3, 0.4) is 0 Å². The van der Waals surface area contributed by atoms with Gasteiger partial charge < -0.3 is 10.5 Å². The van der Waals surface area contributed by atoms with Gasteiger partial charge in [-0.05, 0) is 44.7 Å². The van der Waals surface area contributed by atoms with Crippen LogP contribution in [0.4, 0.5) is 0 Å².